The highest BCUT2D eigenvalue weighted by molar-refractivity contribution is 7.99. The van der Waals surface area contributed by atoms with Crippen molar-refractivity contribution in [3.63, 3.8) is 0 Å². The number of aromatic nitrogens is 3. The van der Waals surface area contributed by atoms with Crippen LogP contribution in [0.1, 0.15) is 6.92 Å². The van der Waals surface area contributed by atoms with Gasteiger partial charge in [0.1, 0.15) is 0 Å². The minimum atomic E-state index is -0.101. The molecule has 0 spiro atoms. The summed E-state index contributed by atoms with van der Waals surface area (Å²) in [5, 5.41) is 15.4. The molecular formula is C25H22N4O3S. The first-order chi connectivity index (χ1) is 16.2. The number of rotatable bonds is 7. The van der Waals surface area contributed by atoms with Gasteiger partial charge in [0, 0.05) is 17.6 Å². The number of ether oxygens (including phenoxy) is 1. The summed E-state index contributed by atoms with van der Waals surface area (Å²) >= 11 is 1.34. The molecule has 2 heterocycles. The van der Waals surface area contributed by atoms with Crippen LogP contribution in [0.3, 0.4) is 0 Å². The third-order valence-corrected chi connectivity index (χ3v) is 6.31. The van der Waals surface area contributed by atoms with Gasteiger partial charge in [0.15, 0.2) is 22.2 Å². The first-order valence-corrected chi connectivity index (χ1v) is 11.6. The van der Waals surface area contributed by atoms with Crippen LogP contribution in [0.2, 0.25) is 0 Å². The van der Waals surface area contributed by atoms with E-state index in [1.165, 1.54) is 11.8 Å². The molecule has 0 saturated heterocycles. The first-order valence-electron chi connectivity index (χ1n) is 10.6. The number of thioether (sulfide) groups is 1. The minimum absolute atomic E-state index is 0.101. The van der Waals surface area contributed by atoms with Crippen molar-refractivity contribution in [1.29, 1.82) is 0 Å². The van der Waals surface area contributed by atoms with Gasteiger partial charge in [0.05, 0.1) is 12.9 Å². The van der Waals surface area contributed by atoms with E-state index in [1.54, 1.807) is 7.11 Å². The second kappa shape index (κ2) is 8.99. The summed E-state index contributed by atoms with van der Waals surface area (Å²) in [6.45, 7) is 2.65. The fourth-order valence-electron chi connectivity index (χ4n) is 3.76. The van der Waals surface area contributed by atoms with Crippen molar-refractivity contribution in [2.24, 2.45) is 0 Å². The van der Waals surface area contributed by atoms with Crippen LogP contribution in [0, 0.1) is 0 Å². The smallest absolute Gasteiger partial charge is 0.234 e. The molecule has 0 bridgehead atoms. The van der Waals surface area contributed by atoms with E-state index in [-0.39, 0.29) is 11.7 Å². The number of furan rings is 1. The Kier molecular flexibility index (Phi) is 5.75. The fraction of sp³-hybridized carbons (Fsp3) is 0.160. The van der Waals surface area contributed by atoms with Crippen LogP contribution >= 0.6 is 11.8 Å². The van der Waals surface area contributed by atoms with Crippen LogP contribution in [-0.4, -0.2) is 33.5 Å². The predicted octanol–water partition coefficient (Wildman–Crippen LogP) is 5.60. The van der Waals surface area contributed by atoms with Gasteiger partial charge in [0.25, 0.3) is 0 Å². The largest absolute Gasteiger partial charge is 0.493 e. The lowest BCUT2D eigenvalue weighted by atomic mass is 10.1. The second-order valence-corrected chi connectivity index (χ2v) is 8.38. The monoisotopic (exact) mass is 458 g/mol. The zero-order valence-corrected chi connectivity index (χ0v) is 19.1. The molecule has 0 aliphatic rings. The SMILES string of the molecule is CCn1c(SCC(=O)Nc2ccc3ccccc3c2)nnc1-c1cc2cccc(OC)c2o1. The maximum Gasteiger partial charge on any atom is 0.234 e. The lowest BCUT2D eigenvalue weighted by Gasteiger charge is -2.08. The van der Waals surface area contributed by atoms with E-state index in [9.17, 15) is 4.79 Å². The van der Waals surface area contributed by atoms with Crippen molar-refractivity contribution in [3.8, 4) is 17.3 Å². The molecule has 7 nitrogen and oxygen atoms in total. The van der Waals surface area contributed by atoms with Gasteiger partial charge in [-0.1, -0.05) is 54.2 Å². The molecular weight excluding hydrogens is 436 g/mol. The third-order valence-electron chi connectivity index (χ3n) is 5.35. The van der Waals surface area contributed by atoms with Crippen molar-refractivity contribution >= 4 is 45.1 Å². The molecule has 166 valence electrons. The molecule has 1 amide bonds. The van der Waals surface area contributed by atoms with E-state index in [1.807, 2.05) is 78.2 Å². The molecule has 0 aliphatic carbocycles. The summed E-state index contributed by atoms with van der Waals surface area (Å²) in [4.78, 5) is 12.6. The average Bonchev–Trinajstić information content (AvgIpc) is 3.46. The lowest BCUT2D eigenvalue weighted by molar-refractivity contribution is -0.113. The van der Waals surface area contributed by atoms with Crippen molar-refractivity contribution in [3.05, 3.63) is 66.7 Å². The number of carbonyl (C=O) groups is 1. The van der Waals surface area contributed by atoms with Crippen molar-refractivity contribution in [2.75, 3.05) is 18.2 Å². The molecule has 8 heteroatoms. The Labute approximate surface area is 194 Å². The normalized spacial score (nSPS) is 11.2. The van der Waals surface area contributed by atoms with E-state index in [0.717, 1.165) is 21.8 Å². The molecule has 1 N–H and O–H groups in total. The number of hydrogen-bond acceptors (Lipinski definition) is 6. The Bertz CT molecular complexity index is 1460. The van der Waals surface area contributed by atoms with Crippen molar-refractivity contribution in [1.82, 2.24) is 14.8 Å². The van der Waals surface area contributed by atoms with Crippen LogP contribution in [0.15, 0.2) is 76.3 Å². The van der Waals surface area contributed by atoms with Gasteiger partial charge in [-0.15, -0.1) is 10.2 Å². The van der Waals surface area contributed by atoms with Gasteiger partial charge in [0.2, 0.25) is 11.7 Å². The van der Waals surface area contributed by atoms with Gasteiger partial charge in [-0.25, -0.2) is 0 Å². The summed E-state index contributed by atoms with van der Waals surface area (Å²) in [5.74, 6) is 2.01. The molecule has 5 rings (SSSR count). The van der Waals surface area contributed by atoms with E-state index >= 15 is 0 Å². The van der Waals surface area contributed by atoms with E-state index in [2.05, 4.69) is 15.5 Å². The van der Waals surface area contributed by atoms with Crippen LogP contribution in [0.4, 0.5) is 5.69 Å². The van der Waals surface area contributed by atoms with Crippen LogP contribution in [0.5, 0.6) is 5.75 Å². The highest BCUT2D eigenvalue weighted by Gasteiger charge is 2.19. The summed E-state index contributed by atoms with van der Waals surface area (Å²) in [6.07, 6.45) is 0. The Hall–Kier alpha value is -3.78. The Morgan fingerprint density at radius 3 is 2.67 bits per heavy atom. The summed E-state index contributed by atoms with van der Waals surface area (Å²) in [5.41, 5.74) is 1.44. The molecule has 0 atom stereocenters. The molecule has 0 aliphatic heterocycles. The molecule has 2 aromatic heterocycles. The zero-order valence-electron chi connectivity index (χ0n) is 18.2. The lowest BCUT2D eigenvalue weighted by Crippen LogP contribution is -2.14. The molecule has 0 unspecified atom stereocenters. The number of carbonyl (C=O) groups excluding carboxylic acids is 1. The Morgan fingerprint density at radius 2 is 1.85 bits per heavy atom. The molecule has 33 heavy (non-hydrogen) atoms. The van der Waals surface area contributed by atoms with E-state index < -0.39 is 0 Å². The second-order valence-electron chi connectivity index (χ2n) is 7.44. The Balaban J connectivity index is 1.32. The zero-order chi connectivity index (χ0) is 22.8. The van der Waals surface area contributed by atoms with Gasteiger partial charge in [-0.2, -0.15) is 0 Å². The molecule has 3 aromatic carbocycles. The molecule has 5 aromatic rings. The fourth-order valence-corrected chi connectivity index (χ4v) is 4.57. The van der Waals surface area contributed by atoms with Crippen molar-refractivity contribution in [2.45, 2.75) is 18.6 Å². The quantitative estimate of drug-likeness (QED) is 0.320. The van der Waals surface area contributed by atoms with Gasteiger partial charge >= 0.3 is 0 Å². The molecule has 0 saturated carbocycles. The minimum Gasteiger partial charge on any atom is -0.493 e. The predicted molar refractivity (Wildman–Crippen MR) is 131 cm³/mol. The van der Waals surface area contributed by atoms with Crippen LogP contribution < -0.4 is 10.1 Å². The standard InChI is InChI=1S/C25H22N4O3S/c1-3-29-24(21-14-18-9-6-10-20(31-2)23(18)32-21)27-28-25(29)33-15-22(30)26-19-12-11-16-7-4-5-8-17(16)13-19/h4-14H,3,15H2,1-2H3,(H,26,30). The number of para-hydroxylation sites is 1. The Morgan fingerprint density at radius 1 is 1.03 bits per heavy atom. The maximum atomic E-state index is 12.6. The number of hydrogen-bond donors (Lipinski definition) is 1. The van der Waals surface area contributed by atoms with Gasteiger partial charge in [-0.05, 0) is 42.0 Å². The number of anilines is 1. The van der Waals surface area contributed by atoms with Crippen molar-refractivity contribution < 1.29 is 13.9 Å². The number of methoxy groups -OCH3 is 1. The highest BCUT2D eigenvalue weighted by Crippen LogP contribution is 2.33. The average molecular weight is 459 g/mol. The molecule has 0 fully saturated rings. The number of amides is 1. The summed E-state index contributed by atoms with van der Waals surface area (Å²) in [7, 11) is 1.61. The summed E-state index contributed by atoms with van der Waals surface area (Å²) < 4.78 is 13.4. The number of nitrogens with zero attached hydrogens (tertiary/aromatic N) is 3. The number of benzene rings is 3. The van der Waals surface area contributed by atoms with Crippen LogP contribution in [-0.2, 0) is 11.3 Å². The summed E-state index contributed by atoms with van der Waals surface area (Å²) in [6, 6.07) is 21.6. The molecule has 0 radical (unpaired) electrons. The maximum absolute atomic E-state index is 12.6. The van der Waals surface area contributed by atoms with Crippen LogP contribution in [0.25, 0.3) is 33.3 Å². The number of fused-ring (bicyclic) bond motifs is 2. The van der Waals surface area contributed by atoms with E-state index in [0.29, 0.717) is 34.6 Å². The first kappa shape index (κ1) is 21.1. The third kappa shape index (κ3) is 4.17. The topological polar surface area (TPSA) is 82.2 Å². The van der Waals surface area contributed by atoms with Gasteiger partial charge < -0.3 is 14.5 Å². The highest BCUT2D eigenvalue weighted by atomic mass is 32.2. The number of nitrogens with one attached hydrogen (secondary N) is 1. The van der Waals surface area contributed by atoms with E-state index in [4.69, 9.17) is 9.15 Å². The van der Waals surface area contributed by atoms with Gasteiger partial charge in [-0.3, -0.25) is 9.36 Å².